The predicted octanol–water partition coefficient (Wildman–Crippen LogP) is 3.18. The Kier molecular flexibility index (Phi) is 5.92. The van der Waals surface area contributed by atoms with Gasteiger partial charge in [-0.3, -0.25) is 0 Å². The molecule has 0 aromatic heterocycles. The van der Waals surface area contributed by atoms with Crippen LogP contribution in [-0.2, 0) is 6.54 Å². The molecule has 3 heteroatoms. The van der Waals surface area contributed by atoms with Gasteiger partial charge in [0.15, 0.2) is 0 Å². The van der Waals surface area contributed by atoms with Crippen molar-refractivity contribution in [1.29, 1.82) is 0 Å². The second kappa shape index (κ2) is 7.46. The highest BCUT2D eigenvalue weighted by molar-refractivity contribution is 14.1. The molecule has 0 bridgehead atoms. The summed E-state index contributed by atoms with van der Waals surface area (Å²) < 4.78 is 1.29. The van der Waals surface area contributed by atoms with Crippen molar-refractivity contribution in [2.45, 2.75) is 32.2 Å². The van der Waals surface area contributed by atoms with Gasteiger partial charge >= 0.3 is 0 Å². The lowest BCUT2D eigenvalue weighted by Crippen LogP contribution is -2.32. The van der Waals surface area contributed by atoms with Crippen molar-refractivity contribution >= 4 is 22.6 Å². The van der Waals surface area contributed by atoms with Crippen LogP contribution in [0.4, 0.5) is 0 Å². The third-order valence-corrected chi connectivity index (χ3v) is 4.60. The van der Waals surface area contributed by atoms with Crippen LogP contribution in [-0.4, -0.2) is 18.3 Å². The van der Waals surface area contributed by atoms with Crippen molar-refractivity contribution in [3.05, 3.63) is 33.4 Å². The molecule has 0 spiro atoms. The number of aliphatic hydroxyl groups excluding tert-OH is 1. The van der Waals surface area contributed by atoms with Crippen LogP contribution in [0.3, 0.4) is 0 Å². The van der Waals surface area contributed by atoms with Crippen LogP contribution in [0, 0.1) is 15.4 Å². The van der Waals surface area contributed by atoms with Crippen LogP contribution in [0.15, 0.2) is 24.3 Å². The van der Waals surface area contributed by atoms with E-state index >= 15 is 0 Å². The maximum atomic E-state index is 9.39. The largest absolute Gasteiger partial charge is 0.396 e. The summed E-state index contributed by atoms with van der Waals surface area (Å²) in [6.45, 7) is 2.33. The molecule has 2 N–H and O–H groups in total. The van der Waals surface area contributed by atoms with E-state index < -0.39 is 0 Å². The first-order valence-electron chi connectivity index (χ1n) is 6.85. The Labute approximate surface area is 123 Å². The molecule has 18 heavy (non-hydrogen) atoms. The first kappa shape index (κ1) is 14.3. The van der Waals surface area contributed by atoms with E-state index in [9.17, 15) is 5.11 Å². The maximum Gasteiger partial charge on any atom is 0.0462 e. The quantitative estimate of drug-likeness (QED) is 0.792. The summed E-state index contributed by atoms with van der Waals surface area (Å²) in [5.41, 5.74) is 1.35. The molecule has 1 fully saturated rings. The molecule has 0 aliphatic heterocycles. The number of hydrogen-bond acceptors (Lipinski definition) is 2. The fourth-order valence-electron chi connectivity index (χ4n) is 2.84. The Morgan fingerprint density at radius 1 is 1.22 bits per heavy atom. The van der Waals surface area contributed by atoms with E-state index in [1.807, 2.05) is 0 Å². The van der Waals surface area contributed by atoms with Gasteiger partial charge in [0.1, 0.15) is 0 Å². The average molecular weight is 359 g/mol. The minimum absolute atomic E-state index is 0.357. The third kappa shape index (κ3) is 4.21. The van der Waals surface area contributed by atoms with Crippen molar-refractivity contribution in [1.82, 2.24) is 5.32 Å². The number of benzene rings is 1. The molecule has 2 nitrogen and oxygen atoms in total. The Hall–Kier alpha value is -0.130. The van der Waals surface area contributed by atoms with Crippen LogP contribution < -0.4 is 5.32 Å². The molecule has 0 saturated heterocycles. The van der Waals surface area contributed by atoms with E-state index in [2.05, 4.69) is 52.2 Å². The van der Waals surface area contributed by atoms with Crippen LogP contribution in [0.5, 0.6) is 0 Å². The van der Waals surface area contributed by atoms with E-state index in [1.165, 1.54) is 34.8 Å². The average Bonchev–Trinajstić information content (AvgIpc) is 2.39. The fourth-order valence-corrected chi connectivity index (χ4v) is 3.45. The molecule has 1 aromatic carbocycles. The smallest absolute Gasteiger partial charge is 0.0462 e. The number of hydrogen-bond donors (Lipinski definition) is 2. The summed E-state index contributed by atoms with van der Waals surface area (Å²) in [4.78, 5) is 0. The minimum Gasteiger partial charge on any atom is -0.396 e. The molecule has 0 heterocycles. The predicted molar refractivity (Wildman–Crippen MR) is 83.4 cm³/mol. The van der Waals surface area contributed by atoms with E-state index in [1.54, 1.807) is 0 Å². The summed E-state index contributed by atoms with van der Waals surface area (Å²) in [7, 11) is 0. The van der Waals surface area contributed by atoms with Gasteiger partial charge in [-0.25, -0.2) is 0 Å². The molecule has 1 saturated carbocycles. The summed E-state index contributed by atoms with van der Waals surface area (Å²) in [5, 5.41) is 12.9. The second-order valence-electron chi connectivity index (χ2n) is 5.25. The van der Waals surface area contributed by atoms with Gasteiger partial charge < -0.3 is 10.4 Å². The molecule has 1 aromatic rings. The SMILES string of the molecule is OCC1CCCCC1CNCc1cccc(I)c1. The number of halogens is 1. The highest BCUT2D eigenvalue weighted by atomic mass is 127. The zero-order valence-electron chi connectivity index (χ0n) is 10.7. The van der Waals surface area contributed by atoms with Gasteiger partial charge in [0.2, 0.25) is 0 Å². The standard InChI is InChI=1S/C15H22INO/c16-15-7-3-4-12(8-15)9-17-10-13-5-1-2-6-14(13)11-18/h3-4,7-8,13-14,17-18H,1-2,5-6,9-11H2. The van der Waals surface area contributed by atoms with Gasteiger partial charge in [0, 0.05) is 16.7 Å². The van der Waals surface area contributed by atoms with Gasteiger partial charge in [0.25, 0.3) is 0 Å². The first-order valence-corrected chi connectivity index (χ1v) is 7.93. The lowest BCUT2D eigenvalue weighted by molar-refractivity contribution is 0.133. The lowest BCUT2D eigenvalue weighted by atomic mass is 9.79. The Morgan fingerprint density at radius 3 is 2.72 bits per heavy atom. The fraction of sp³-hybridized carbons (Fsp3) is 0.600. The highest BCUT2D eigenvalue weighted by Crippen LogP contribution is 2.29. The zero-order chi connectivity index (χ0) is 12.8. The third-order valence-electron chi connectivity index (χ3n) is 3.93. The molecule has 0 radical (unpaired) electrons. The zero-order valence-corrected chi connectivity index (χ0v) is 12.9. The lowest BCUT2D eigenvalue weighted by Gasteiger charge is -2.30. The van der Waals surface area contributed by atoms with Crippen molar-refractivity contribution in [3.8, 4) is 0 Å². The van der Waals surface area contributed by atoms with Gasteiger partial charge in [0.05, 0.1) is 0 Å². The Balaban J connectivity index is 1.77. The molecule has 100 valence electrons. The van der Waals surface area contributed by atoms with Crippen molar-refractivity contribution < 1.29 is 5.11 Å². The van der Waals surface area contributed by atoms with E-state index in [0.717, 1.165) is 13.1 Å². The topological polar surface area (TPSA) is 32.3 Å². The van der Waals surface area contributed by atoms with Crippen molar-refractivity contribution in [3.63, 3.8) is 0 Å². The van der Waals surface area contributed by atoms with Gasteiger partial charge in [-0.2, -0.15) is 0 Å². The molecule has 1 aliphatic carbocycles. The summed E-state index contributed by atoms with van der Waals surface area (Å²) in [6.07, 6.45) is 5.08. The van der Waals surface area contributed by atoms with Crippen LogP contribution in [0.1, 0.15) is 31.2 Å². The molecule has 0 amide bonds. The summed E-state index contributed by atoms with van der Waals surface area (Å²) in [6, 6.07) is 8.61. The summed E-state index contributed by atoms with van der Waals surface area (Å²) in [5.74, 6) is 1.17. The van der Waals surface area contributed by atoms with Gasteiger partial charge in [-0.1, -0.05) is 25.0 Å². The monoisotopic (exact) mass is 359 g/mol. The van der Waals surface area contributed by atoms with Gasteiger partial charge in [-0.15, -0.1) is 0 Å². The van der Waals surface area contributed by atoms with Crippen molar-refractivity contribution in [2.75, 3.05) is 13.2 Å². The van der Waals surface area contributed by atoms with Crippen LogP contribution in [0.2, 0.25) is 0 Å². The summed E-state index contributed by atoms with van der Waals surface area (Å²) >= 11 is 2.35. The second-order valence-corrected chi connectivity index (χ2v) is 6.49. The number of rotatable bonds is 5. The Bertz CT molecular complexity index is 369. The van der Waals surface area contributed by atoms with Gasteiger partial charge in [-0.05, 0) is 71.5 Å². The molecular formula is C15H22INO. The van der Waals surface area contributed by atoms with Crippen LogP contribution >= 0.6 is 22.6 Å². The van der Waals surface area contributed by atoms with E-state index in [0.29, 0.717) is 18.4 Å². The van der Waals surface area contributed by atoms with E-state index in [-0.39, 0.29) is 0 Å². The number of nitrogens with one attached hydrogen (secondary N) is 1. The molecule has 1 aliphatic rings. The van der Waals surface area contributed by atoms with Crippen molar-refractivity contribution in [2.24, 2.45) is 11.8 Å². The maximum absolute atomic E-state index is 9.39. The van der Waals surface area contributed by atoms with E-state index in [4.69, 9.17) is 0 Å². The molecule has 2 rings (SSSR count). The Morgan fingerprint density at radius 2 is 2.00 bits per heavy atom. The highest BCUT2D eigenvalue weighted by Gasteiger charge is 2.23. The van der Waals surface area contributed by atoms with Crippen LogP contribution in [0.25, 0.3) is 0 Å². The molecule has 2 unspecified atom stereocenters. The normalized spacial score (nSPS) is 24.1. The number of aliphatic hydroxyl groups is 1. The first-order chi connectivity index (χ1) is 8.79. The minimum atomic E-state index is 0.357. The molecule has 2 atom stereocenters. The molecular weight excluding hydrogens is 337 g/mol.